The van der Waals surface area contributed by atoms with Gasteiger partial charge in [-0.05, 0) is 0 Å². The van der Waals surface area contributed by atoms with E-state index in [2.05, 4.69) is 20.2 Å². The van der Waals surface area contributed by atoms with Crippen LogP contribution in [0.5, 0.6) is 0 Å². The molecule has 1 fully saturated rings. The van der Waals surface area contributed by atoms with Gasteiger partial charge in [0.2, 0.25) is 0 Å². The number of fused-ring (bicyclic) bond motifs is 1. The summed E-state index contributed by atoms with van der Waals surface area (Å²) >= 11 is 0. The van der Waals surface area contributed by atoms with E-state index in [0.717, 1.165) is 0 Å². The molecule has 0 bridgehead atoms. The van der Waals surface area contributed by atoms with Crippen LogP contribution in [0.1, 0.15) is 18.2 Å². The van der Waals surface area contributed by atoms with Crippen molar-refractivity contribution in [1.29, 1.82) is 0 Å². The van der Waals surface area contributed by atoms with Gasteiger partial charge in [0.15, 0.2) is 11.3 Å². The van der Waals surface area contributed by atoms with Crippen molar-refractivity contribution < 1.29 is 14.9 Å². The third kappa shape index (κ3) is 1.62. The molecule has 3 heterocycles. The van der Waals surface area contributed by atoms with E-state index < -0.39 is 12.2 Å². The second-order valence-corrected chi connectivity index (χ2v) is 4.24. The summed E-state index contributed by atoms with van der Waals surface area (Å²) in [7, 11) is 0. The van der Waals surface area contributed by atoms with Crippen molar-refractivity contribution in [3.63, 3.8) is 0 Å². The van der Waals surface area contributed by atoms with Crippen LogP contribution in [0.4, 0.5) is 5.82 Å². The van der Waals surface area contributed by atoms with Gasteiger partial charge in [-0.25, -0.2) is 9.97 Å². The van der Waals surface area contributed by atoms with Crippen LogP contribution in [-0.4, -0.2) is 49.2 Å². The van der Waals surface area contributed by atoms with Crippen molar-refractivity contribution in [2.75, 3.05) is 12.3 Å². The quantitative estimate of drug-likeness (QED) is 0.545. The molecule has 3 rings (SSSR count). The van der Waals surface area contributed by atoms with Crippen LogP contribution in [0, 0.1) is 0 Å². The van der Waals surface area contributed by atoms with Crippen molar-refractivity contribution in [2.45, 2.75) is 24.7 Å². The average Bonchev–Trinajstić information content (AvgIpc) is 2.93. The molecular weight excluding hydrogens is 238 g/mol. The number of nitrogens with two attached hydrogens (primary N) is 1. The SMILES string of the molecule is Nc1ncnc2c(C3C[C@H](O)[C@@H](CO)O3)[nH]nc12. The highest BCUT2D eigenvalue weighted by atomic mass is 16.5. The first-order chi connectivity index (χ1) is 8.70. The summed E-state index contributed by atoms with van der Waals surface area (Å²) in [6.45, 7) is -0.221. The summed E-state index contributed by atoms with van der Waals surface area (Å²) in [5.74, 6) is 0.291. The highest BCUT2D eigenvalue weighted by molar-refractivity contribution is 5.85. The molecule has 0 amide bonds. The van der Waals surface area contributed by atoms with Crippen molar-refractivity contribution in [3.05, 3.63) is 12.0 Å². The summed E-state index contributed by atoms with van der Waals surface area (Å²) < 4.78 is 5.54. The van der Waals surface area contributed by atoms with Crippen molar-refractivity contribution in [3.8, 4) is 0 Å². The van der Waals surface area contributed by atoms with Crippen LogP contribution in [-0.2, 0) is 4.74 Å². The average molecular weight is 251 g/mol. The number of aromatic nitrogens is 4. The zero-order valence-electron chi connectivity index (χ0n) is 9.45. The monoisotopic (exact) mass is 251 g/mol. The molecule has 2 aromatic rings. The molecular formula is C10H13N5O3. The van der Waals surface area contributed by atoms with Gasteiger partial charge in [0.25, 0.3) is 0 Å². The lowest BCUT2D eigenvalue weighted by Crippen LogP contribution is -2.24. The van der Waals surface area contributed by atoms with Crippen molar-refractivity contribution in [2.24, 2.45) is 0 Å². The molecule has 1 aliphatic heterocycles. The lowest BCUT2D eigenvalue weighted by atomic mass is 10.1. The summed E-state index contributed by atoms with van der Waals surface area (Å²) in [6.07, 6.45) is 0.0828. The van der Waals surface area contributed by atoms with E-state index in [4.69, 9.17) is 15.6 Å². The highest BCUT2D eigenvalue weighted by Gasteiger charge is 2.36. The van der Waals surface area contributed by atoms with Gasteiger partial charge in [0.05, 0.1) is 18.4 Å². The Morgan fingerprint density at radius 3 is 3.00 bits per heavy atom. The number of nitrogens with zero attached hydrogens (tertiary/aromatic N) is 3. The van der Waals surface area contributed by atoms with E-state index in [9.17, 15) is 5.11 Å². The second kappa shape index (κ2) is 4.16. The number of aliphatic hydroxyl groups is 2. The molecule has 5 N–H and O–H groups in total. The van der Waals surface area contributed by atoms with E-state index in [1.54, 1.807) is 0 Å². The number of hydrogen-bond donors (Lipinski definition) is 4. The number of H-pyrrole nitrogens is 1. The summed E-state index contributed by atoms with van der Waals surface area (Å²) in [5, 5.41) is 25.6. The Morgan fingerprint density at radius 2 is 2.28 bits per heavy atom. The minimum atomic E-state index is -0.697. The Morgan fingerprint density at radius 1 is 1.44 bits per heavy atom. The molecule has 0 radical (unpaired) electrons. The molecule has 1 saturated heterocycles. The van der Waals surface area contributed by atoms with Crippen LogP contribution in [0.2, 0.25) is 0 Å². The van der Waals surface area contributed by atoms with Crippen LogP contribution >= 0.6 is 0 Å². The smallest absolute Gasteiger partial charge is 0.155 e. The van der Waals surface area contributed by atoms with Crippen LogP contribution in [0.25, 0.3) is 11.0 Å². The summed E-state index contributed by atoms with van der Waals surface area (Å²) in [5.41, 5.74) is 7.40. The molecule has 1 aliphatic rings. The summed E-state index contributed by atoms with van der Waals surface area (Å²) in [6, 6.07) is 0. The molecule has 8 heteroatoms. The fourth-order valence-electron chi connectivity index (χ4n) is 2.17. The van der Waals surface area contributed by atoms with Gasteiger partial charge in [-0.2, -0.15) is 5.10 Å². The minimum Gasteiger partial charge on any atom is -0.394 e. The van der Waals surface area contributed by atoms with Gasteiger partial charge in [0, 0.05) is 6.42 Å². The predicted molar refractivity (Wildman–Crippen MR) is 61.4 cm³/mol. The molecule has 96 valence electrons. The number of rotatable bonds is 2. The van der Waals surface area contributed by atoms with E-state index in [-0.39, 0.29) is 12.7 Å². The number of hydrogen-bond acceptors (Lipinski definition) is 7. The Balaban J connectivity index is 1.99. The molecule has 0 aliphatic carbocycles. The van der Waals surface area contributed by atoms with Crippen LogP contribution in [0.3, 0.4) is 0 Å². The Hall–Kier alpha value is -1.77. The topological polar surface area (TPSA) is 130 Å². The predicted octanol–water partition coefficient (Wildman–Crippen LogP) is -0.882. The van der Waals surface area contributed by atoms with Gasteiger partial charge >= 0.3 is 0 Å². The minimum absolute atomic E-state index is 0.221. The fourth-order valence-corrected chi connectivity index (χ4v) is 2.17. The van der Waals surface area contributed by atoms with Gasteiger partial charge < -0.3 is 20.7 Å². The molecule has 0 spiro atoms. The lowest BCUT2D eigenvalue weighted by molar-refractivity contribution is -0.0232. The van der Waals surface area contributed by atoms with E-state index in [1.165, 1.54) is 6.33 Å². The Labute approximate surface area is 102 Å². The molecule has 1 unspecified atom stereocenters. The maximum atomic E-state index is 9.71. The fraction of sp³-hybridized carbons (Fsp3) is 0.500. The van der Waals surface area contributed by atoms with E-state index in [0.29, 0.717) is 29.0 Å². The molecule has 2 aromatic heterocycles. The number of nitrogen functional groups attached to an aromatic ring is 1. The maximum Gasteiger partial charge on any atom is 0.155 e. The lowest BCUT2D eigenvalue weighted by Gasteiger charge is -2.10. The van der Waals surface area contributed by atoms with Crippen LogP contribution in [0.15, 0.2) is 6.33 Å². The number of aliphatic hydroxyl groups excluding tert-OH is 2. The molecule has 3 atom stereocenters. The normalized spacial score (nSPS) is 28.0. The third-order valence-electron chi connectivity index (χ3n) is 3.12. The number of ether oxygens (including phenoxy) is 1. The highest BCUT2D eigenvalue weighted by Crippen LogP contribution is 2.34. The first-order valence-electron chi connectivity index (χ1n) is 5.59. The zero-order valence-corrected chi connectivity index (χ0v) is 9.45. The maximum absolute atomic E-state index is 9.71. The molecule has 0 aromatic carbocycles. The standard InChI is InChI=1S/C10H13N5O3/c11-10-9-8(12-3-13-10)7(14-15-9)5-1-4(17)6(2-16)18-5/h3-6,16-17H,1-2H2,(H,14,15)(H2,11,12,13)/t4-,5?,6+/m0/s1. The first-order valence-corrected chi connectivity index (χ1v) is 5.59. The summed E-state index contributed by atoms with van der Waals surface area (Å²) in [4.78, 5) is 7.96. The van der Waals surface area contributed by atoms with Gasteiger partial charge in [-0.3, -0.25) is 5.10 Å². The Bertz CT molecular complexity index is 572. The molecule has 8 nitrogen and oxygen atoms in total. The van der Waals surface area contributed by atoms with Crippen molar-refractivity contribution >= 4 is 16.9 Å². The number of aromatic amines is 1. The van der Waals surface area contributed by atoms with Crippen molar-refractivity contribution in [1.82, 2.24) is 20.2 Å². The molecule has 18 heavy (non-hydrogen) atoms. The zero-order chi connectivity index (χ0) is 12.7. The Kier molecular flexibility index (Phi) is 2.62. The number of nitrogens with one attached hydrogen (secondary N) is 1. The largest absolute Gasteiger partial charge is 0.394 e. The molecule has 0 saturated carbocycles. The van der Waals surface area contributed by atoms with Gasteiger partial charge in [-0.15, -0.1) is 0 Å². The third-order valence-corrected chi connectivity index (χ3v) is 3.12. The van der Waals surface area contributed by atoms with E-state index in [1.807, 2.05) is 0 Å². The van der Waals surface area contributed by atoms with Gasteiger partial charge in [-0.1, -0.05) is 0 Å². The van der Waals surface area contributed by atoms with E-state index >= 15 is 0 Å². The van der Waals surface area contributed by atoms with Crippen LogP contribution < -0.4 is 5.73 Å². The van der Waals surface area contributed by atoms with Gasteiger partial charge in [0.1, 0.15) is 24.1 Å². The number of anilines is 1. The second-order valence-electron chi connectivity index (χ2n) is 4.24. The first kappa shape index (κ1) is 11.3.